The molecule has 0 radical (unpaired) electrons. The molecule has 2 aromatic heterocycles. The van der Waals surface area contributed by atoms with Gasteiger partial charge in [-0.3, -0.25) is 24.0 Å². The predicted molar refractivity (Wildman–Crippen MR) is 242 cm³/mol. The Morgan fingerprint density at radius 1 is 0.578 bits per heavy atom. The lowest BCUT2D eigenvalue weighted by Crippen LogP contribution is -2.64. The SMILES string of the molecule is C[C@@H](O)[C@H](NC(=O)C(C)(C)NC(=O)[C@@H](Cc1c[nH]c2ccccc12)NC(=O)[C@H](Cc1c[nH]c2ccccc12)NC(=O)[C@@H](N)Cc1ccccc1)C(=O)N[C@@H](Cc1ccccc1)C(=O)O. The maximum Gasteiger partial charge on any atom is 0.326 e. The highest BCUT2D eigenvalue weighted by atomic mass is 16.4. The highest BCUT2D eigenvalue weighted by Gasteiger charge is 2.38. The fourth-order valence-corrected chi connectivity index (χ4v) is 7.46. The van der Waals surface area contributed by atoms with Gasteiger partial charge in [0.2, 0.25) is 29.5 Å². The van der Waals surface area contributed by atoms with Crippen molar-refractivity contribution in [3.8, 4) is 0 Å². The minimum Gasteiger partial charge on any atom is -0.480 e. The number of hydrogen-bond acceptors (Lipinski definition) is 8. The predicted octanol–water partition coefficient (Wildman–Crippen LogP) is 2.55. The van der Waals surface area contributed by atoms with Crippen LogP contribution in [0.2, 0.25) is 0 Å². The third kappa shape index (κ3) is 11.8. The van der Waals surface area contributed by atoms with Crippen molar-refractivity contribution in [2.45, 2.75) is 88.3 Å². The number of para-hydroxylation sites is 2. The molecule has 334 valence electrons. The van der Waals surface area contributed by atoms with Crippen LogP contribution >= 0.6 is 0 Å². The first-order valence-corrected chi connectivity index (χ1v) is 21.0. The first-order chi connectivity index (χ1) is 30.6. The third-order valence-electron chi connectivity index (χ3n) is 11.1. The lowest BCUT2D eigenvalue weighted by Gasteiger charge is -2.31. The van der Waals surface area contributed by atoms with Crippen LogP contribution in [0.3, 0.4) is 0 Å². The maximum absolute atomic E-state index is 14.5. The van der Waals surface area contributed by atoms with Crippen LogP contribution in [0.4, 0.5) is 0 Å². The first-order valence-electron chi connectivity index (χ1n) is 21.0. The molecule has 0 fully saturated rings. The molecule has 16 heteroatoms. The van der Waals surface area contributed by atoms with Gasteiger partial charge in [0.15, 0.2) is 0 Å². The van der Waals surface area contributed by atoms with Crippen molar-refractivity contribution in [2.24, 2.45) is 5.73 Å². The summed E-state index contributed by atoms with van der Waals surface area (Å²) in [5, 5.41) is 35.3. The third-order valence-corrected chi connectivity index (χ3v) is 11.1. The standard InChI is InChI=1S/C48H54N8O8/c1-28(57)41(45(61)54-40(46(62)63)23-30-16-8-5-9-17-30)55-47(64)48(2,3)56-44(60)39(25-32-27-51-37-21-13-11-19-34(32)37)53-43(59)38(24-31-26-50-36-20-12-10-18-33(31)36)52-42(58)35(49)22-29-14-6-4-7-15-29/h4-21,26-28,35,38-41,50-51,57H,22-25,49H2,1-3H3,(H,52,58)(H,53,59)(H,54,61)(H,55,64)(H,56,60)(H,62,63)/t28-,35+,38+,39-,40+,41+/m1/s1. The van der Waals surface area contributed by atoms with Gasteiger partial charge in [0.05, 0.1) is 12.1 Å². The van der Waals surface area contributed by atoms with E-state index in [1.807, 2.05) is 78.9 Å². The number of aromatic amines is 2. The number of amides is 5. The minimum atomic E-state index is -1.76. The smallest absolute Gasteiger partial charge is 0.326 e. The van der Waals surface area contributed by atoms with Crippen LogP contribution in [0.25, 0.3) is 21.8 Å². The molecule has 0 saturated carbocycles. The molecule has 5 amide bonds. The van der Waals surface area contributed by atoms with Gasteiger partial charge in [-0.15, -0.1) is 0 Å². The molecule has 64 heavy (non-hydrogen) atoms. The van der Waals surface area contributed by atoms with E-state index in [9.17, 15) is 39.0 Å². The van der Waals surface area contributed by atoms with E-state index in [-0.39, 0.29) is 25.7 Å². The second-order valence-electron chi connectivity index (χ2n) is 16.4. The van der Waals surface area contributed by atoms with Crippen molar-refractivity contribution in [1.29, 1.82) is 0 Å². The number of benzene rings is 4. The van der Waals surface area contributed by atoms with Gasteiger partial charge in [-0.25, -0.2) is 4.79 Å². The number of carbonyl (C=O) groups is 6. The molecule has 6 atom stereocenters. The van der Waals surface area contributed by atoms with Gasteiger partial charge in [-0.2, -0.15) is 0 Å². The number of carboxylic acids is 1. The van der Waals surface area contributed by atoms with E-state index in [0.29, 0.717) is 11.1 Å². The van der Waals surface area contributed by atoms with Crippen molar-refractivity contribution in [1.82, 2.24) is 36.6 Å². The number of aliphatic carboxylic acids is 1. The van der Waals surface area contributed by atoms with Crippen molar-refractivity contribution < 1.29 is 39.0 Å². The van der Waals surface area contributed by atoms with Gasteiger partial charge in [0.1, 0.15) is 29.7 Å². The molecule has 0 aliphatic heterocycles. The van der Waals surface area contributed by atoms with E-state index in [1.165, 1.54) is 20.8 Å². The lowest BCUT2D eigenvalue weighted by atomic mass is 9.98. The molecule has 0 saturated heterocycles. The zero-order chi connectivity index (χ0) is 46.0. The summed E-state index contributed by atoms with van der Waals surface area (Å²) in [5.74, 6) is -5.20. The van der Waals surface area contributed by atoms with Gasteiger partial charge >= 0.3 is 5.97 Å². The van der Waals surface area contributed by atoms with Crippen molar-refractivity contribution in [3.05, 3.63) is 144 Å². The Morgan fingerprint density at radius 2 is 1.03 bits per heavy atom. The molecule has 6 aromatic rings. The highest BCUT2D eigenvalue weighted by molar-refractivity contribution is 5.98. The number of aliphatic hydroxyl groups is 1. The number of rotatable bonds is 20. The van der Waals surface area contributed by atoms with Crippen LogP contribution in [0, 0.1) is 0 Å². The van der Waals surface area contributed by atoms with Gasteiger partial charge in [0.25, 0.3) is 0 Å². The Morgan fingerprint density at radius 3 is 1.55 bits per heavy atom. The average molecular weight is 871 g/mol. The largest absolute Gasteiger partial charge is 0.480 e. The number of H-pyrrole nitrogens is 2. The number of nitrogens with one attached hydrogen (secondary N) is 7. The fourth-order valence-electron chi connectivity index (χ4n) is 7.46. The Hall–Kier alpha value is -7.30. The quantitative estimate of drug-likeness (QED) is 0.0540. The van der Waals surface area contributed by atoms with E-state index >= 15 is 0 Å². The summed E-state index contributed by atoms with van der Waals surface area (Å²) in [5.41, 5.74) is 9.10. The number of aliphatic hydroxyl groups excluding tert-OH is 1. The topological polar surface area (TPSA) is 261 Å². The van der Waals surface area contributed by atoms with Crippen LogP contribution in [0.1, 0.15) is 43.0 Å². The highest BCUT2D eigenvalue weighted by Crippen LogP contribution is 2.22. The Kier molecular flexibility index (Phi) is 15.0. The summed E-state index contributed by atoms with van der Waals surface area (Å²) in [7, 11) is 0. The van der Waals surface area contributed by atoms with Crippen LogP contribution in [0.15, 0.2) is 122 Å². The molecule has 2 heterocycles. The average Bonchev–Trinajstić information content (AvgIpc) is 3.88. The molecular weight excluding hydrogens is 817 g/mol. The van der Waals surface area contributed by atoms with E-state index < -0.39 is 77.4 Å². The van der Waals surface area contributed by atoms with Gasteiger partial charge in [-0.1, -0.05) is 97.1 Å². The van der Waals surface area contributed by atoms with Crippen LogP contribution in [-0.4, -0.2) is 97.5 Å². The van der Waals surface area contributed by atoms with Crippen molar-refractivity contribution >= 4 is 57.3 Å². The summed E-state index contributed by atoms with van der Waals surface area (Å²) in [6.45, 7) is 4.02. The minimum absolute atomic E-state index is 0.0336. The zero-order valence-corrected chi connectivity index (χ0v) is 35.8. The second-order valence-corrected chi connectivity index (χ2v) is 16.4. The van der Waals surface area contributed by atoms with Gasteiger partial charge in [0, 0.05) is 53.5 Å². The number of aromatic nitrogens is 2. The Bertz CT molecular complexity index is 2590. The summed E-state index contributed by atoms with van der Waals surface area (Å²) in [6, 6.07) is 26.3. The Balaban J connectivity index is 1.23. The van der Waals surface area contributed by atoms with Crippen LogP contribution < -0.4 is 32.3 Å². The Labute approximate surface area is 369 Å². The summed E-state index contributed by atoms with van der Waals surface area (Å²) in [6.07, 6.45) is 2.15. The number of carboxylic acid groups (broad SMARTS) is 1. The van der Waals surface area contributed by atoms with E-state index in [0.717, 1.165) is 32.9 Å². The maximum atomic E-state index is 14.5. The molecule has 6 rings (SSSR count). The molecule has 0 aliphatic rings. The summed E-state index contributed by atoms with van der Waals surface area (Å²) in [4.78, 5) is 88.4. The fraction of sp³-hybridized carbons (Fsp3) is 0.292. The molecule has 11 N–H and O–H groups in total. The van der Waals surface area contributed by atoms with E-state index in [2.05, 4.69) is 36.6 Å². The molecule has 0 unspecified atom stereocenters. The summed E-state index contributed by atoms with van der Waals surface area (Å²) >= 11 is 0. The molecule has 16 nitrogen and oxygen atoms in total. The van der Waals surface area contributed by atoms with Gasteiger partial charge < -0.3 is 52.5 Å². The molecule has 0 aliphatic carbocycles. The normalized spacial score (nSPS) is 14.3. The van der Waals surface area contributed by atoms with Crippen molar-refractivity contribution in [2.75, 3.05) is 0 Å². The summed E-state index contributed by atoms with van der Waals surface area (Å²) < 4.78 is 0. The van der Waals surface area contributed by atoms with E-state index in [4.69, 9.17) is 5.73 Å². The molecule has 0 bridgehead atoms. The number of fused-ring (bicyclic) bond motifs is 2. The monoisotopic (exact) mass is 870 g/mol. The van der Waals surface area contributed by atoms with Crippen LogP contribution in [-0.2, 0) is 54.5 Å². The number of nitrogens with two attached hydrogens (primary N) is 1. The van der Waals surface area contributed by atoms with E-state index in [1.54, 1.807) is 42.7 Å². The molecule has 4 aromatic carbocycles. The zero-order valence-electron chi connectivity index (χ0n) is 35.8. The van der Waals surface area contributed by atoms with Crippen molar-refractivity contribution in [3.63, 3.8) is 0 Å². The number of carbonyl (C=O) groups excluding carboxylic acids is 5. The first kappa shape index (κ1) is 46.2. The van der Waals surface area contributed by atoms with Gasteiger partial charge in [-0.05, 0) is 61.6 Å². The second kappa shape index (κ2) is 20.7. The number of hydrogen-bond donors (Lipinski definition) is 10. The molecule has 0 spiro atoms. The lowest BCUT2D eigenvalue weighted by molar-refractivity contribution is -0.143. The molecular formula is C48H54N8O8. The van der Waals surface area contributed by atoms with Crippen LogP contribution in [0.5, 0.6) is 0 Å².